The van der Waals surface area contributed by atoms with Crippen molar-refractivity contribution in [2.75, 3.05) is 0 Å². The zero-order valence-electron chi connectivity index (χ0n) is 12.2. The van der Waals surface area contributed by atoms with Crippen LogP contribution < -0.4 is 0 Å². The molecule has 104 valence electrons. The van der Waals surface area contributed by atoms with Gasteiger partial charge in [0.25, 0.3) is 0 Å². The number of hydrogen-bond donors (Lipinski definition) is 0. The van der Waals surface area contributed by atoms with Crippen LogP contribution in [0, 0.1) is 12.8 Å². The second-order valence-electron chi connectivity index (χ2n) is 5.11. The van der Waals surface area contributed by atoms with E-state index < -0.39 is 0 Å². The van der Waals surface area contributed by atoms with Gasteiger partial charge in [-0.15, -0.1) is 0 Å². The first-order valence-corrected chi connectivity index (χ1v) is 7.25. The first-order valence-electron chi connectivity index (χ1n) is 7.25. The van der Waals surface area contributed by atoms with E-state index in [0.29, 0.717) is 5.56 Å². The van der Waals surface area contributed by atoms with Gasteiger partial charge in [0.1, 0.15) is 0 Å². The smallest absolute Gasteiger partial charge is 0.229 e. The van der Waals surface area contributed by atoms with E-state index in [1.807, 2.05) is 32.0 Å². The molecule has 0 aliphatic heterocycles. The highest BCUT2D eigenvalue weighted by Gasteiger charge is 2.25. The lowest BCUT2D eigenvalue weighted by Gasteiger charge is -2.13. The van der Waals surface area contributed by atoms with Gasteiger partial charge in [-0.3, -0.25) is 9.59 Å². The fourth-order valence-electron chi connectivity index (χ4n) is 2.31. The molecule has 1 unspecified atom stereocenters. The third kappa shape index (κ3) is 4.30. The molecule has 0 N–H and O–H groups in total. The summed E-state index contributed by atoms with van der Waals surface area (Å²) in [7, 11) is 0. The third-order valence-corrected chi connectivity index (χ3v) is 3.63. The van der Waals surface area contributed by atoms with Crippen molar-refractivity contribution >= 4 is 11.6 Å². The summed E-state index contributed by atoms with van der Waals surface area (Å²) in [6.07, 6.45) is 4.88. The Labute approximate surface area is 116 Å². The minimum Gasteiger partial charge on any atom is -0.290 e. The highest BCUT2D eigenvalue weighted by molar-refractivity contribution is 6.44. The quantitative estimate of drug-likeness (QED) is 0.395. The van der Waals surface area contributed by atoms with Crippen LogP contribution in [0.5, 0.6) is 0 Å². The molecule has 1 aromatic rings. The van der Waals surface area contributed by atoms with E-state index in [2.05, 4.69) is 6.92 Å². The summed E-state index contributed by atoms with van der Waals surface area (Å²) in [5, 5.41) is 0. The van der Waals surface area contributed by atoms with Gasteiger partial charge in [-0.2, -0.15) is 0 Å². The number of aryl methyl sites for hydroxylation is 1. The molecule has 0 aliphatic carbocycles. The van der Waals surface area contributed by atoms with Crippen molar-refractivity contribution in [2.45, 2.75) is 52.9 Å². The van der Waals surface area contributed by atoms with Gasteiger partial charge >= 0.3 is 0 Å². The van der Waals surface area contributed by atoms with Crippen molar-refractivity contribution in [3.8, 4) is 0 Å². The average Bonchev–Trinajstić information content (AvgIpc) is 2.43. The normalized spacial score (nSPS) is 12.2. The largest absolute Gasteiger partial charge is 0.290 e. The van der Waals surface area contributed by atoms with E-state index in [1.165, 1.54) is 0 Å². The summed E-state index contributed by atoms with van der Waals surface area (Å²) in [6, 6.07) is 7.31. The minimum absolute atomic E-state index is 0.112. The van der Waals surface area contributed by atoms with Crippen molar-refractivity contribution in [3.63, 3.8) is 0 Å². The molecule has 1 rings (SSSR count). The molecule has 2 nitrogen and oxygen atoms in total. The number of benzene rings is 1. The van der Waals surface area contributed by atoms with Crippen LogP contribution in [-0.4, -0.2) is 11.6 Å². The van der Waals surface area contributed by atoms with Crippen LogP contribution in [0.2, 0.25) is 0 Å². The number of ketones is 2. The molecule has 1 aromatic carbocycles. The van der Waals surface area contributed by atoms with Gasteiger partial charge < -0.3 is 0 Å². The summed E-state index contributed by atoms with van der Waals surface area (Å²) < 4.78 is 0. The highest BCUT2D eigenvalue weighted by Crippen LogP contribution is 2.18. The summed E-state index contributed by atoms with van der Waals surface area (Å²) in [6.45, 7) is 6.00. The Morgan fingerprint density at radius 2 is 1.79 bits per heavy atom. The number of Topliss-reactive ketones (excluding diaryl/α,β-unsaturated/α-hetero) is 2. The van der Waals surface area contributed by atoms with Crippen LogP contribution in [0.1, 0.15) is 61.9 Å². The molecule has 0 bridgehead atoms. The molecule has 0 fully saturated rings. The molecule has 0 saturated heterocycles. The summed E-state index contributed by atoms with van der Waals surface area (Å²) in [4.78, 5) is 24.5. The molecular formula is C17H24O2. The average molecular weight is 260 g/mol. The Bertz CT molecular complexity index is 435. The predicted octanol–water partition coefficient (Wildman–Crippen LogP) is 4.35. The Morgan fingerprint density at radius 1 is 1.11 bits per heavy atom. The molecule has 0 amide bonds. The van der Waals surface area contributed by atoms with Crippen LogP contribution in [0.4, 0.5) is 0 Å². The van der Waals surface area contributed by atoms with Crippen LogP contribution in [0.25, 0.3) is 0 Å². The van der Waals surface area contributed by atoms with Crippen molar-refractivity contribution in [1.82, 2.24) is 0 Å². The monoisotopic (exact) mass is 260 g/mol. The van der Waals surface area contributed by atoms with Gasteiger partial charge in [0, 0.05) is 11.5 Å². The highest BCUT2D eigenvalue weighted by atomic mass is 16.2. The number of carbonyl (C=O) groups excluding carboxylic acids is 2. The fourth-order valence-corrected chi connectivity index (χ4v) is 2.31. The molecule has 0 saturated carbocycles. The maximum Gasteiger partial charge on any atom is 0.229 e. The van der Waals surface area contributed by atoms with E-state index in [-0.39, 0.29) is 17.5 Å². The number of unbranched alkanes of at least 4 members (excludes halogenated alkanes) is 2. The lowest BCUT2D eigenvalue weighted by atomic mass is 9.89. The van der Waals surface area contributed by atoms with Crippen molar-refractivity contribution in [1.29, 1.82) is 0 Å². The Balaban J connectivity index is 2.75. The van der Waals surface area contributed by atoms with Crippen molar-refractivity contribution in [2.24, 2.45) is 5.92 Å². The van der Waals surface area contributed by atoms with Gasteiger partial charge in [0.05, 0.1) is 0 Å². The van der Waals surface area contributed by atoms with Gasteiger partial charge in [-0.25, -0.2) is 0 Å². The fraction of sp³-hybridized carbons (Fsp3) is 0.529. The molecule has 0 aromatic heterocycles. The Morgan fingerprint density at radius 3 is 2.37 bits per heavy atom. The number of hydrogen-bond acceptors (Lipinski definition) is 2. The Kier molecular flexibility index (Phi) is 6.48. The first-order chi connectivity index (χ1) is 9.11. The Hall–Kier alpha value is -1.44. The van der Waals surface area contributed by atoms with E-state index in [1.54, 1.807) is 6.07 Å². The summed E-state index contributed by atoms with van der Waals surface area (Å²) >= 11 is 0. The van der Waals surface area contributed by atoms with Gasteiger partial charge in [0.2, 0.25) is 11.6 Å². The van der Waals surface area contributed by atoms with Crippen LogP contribution in [0.3, 0.4) is 0 Å². The maximum atomic E-state index is 12.3. The molecule has 0 radical (unpaired) electrons. The molecule has 0 heterocycles. The number of rotatable bonds is 8. The molecule has 2 heteroatoms. The molecule has 1 atom stereocenters. The van der Waals surface area contributed by atoms with E-state index in [0.717, 1.165) is 37.7 Å². The number of carbonyl (C=O) groups is 2. The molecular weight excluding hydrogens is 236 g/mol. The third-order valence-electron chi connectivity index (χ3n) is 3.63. The second-order valence-corrected chi connectivity index (χ2v) is 5.11. The van der Waals surface area contributed by atoms with Gasteiger partial charge in [-0.05, 0) is 25.3 Å². The minimum atomic E-state index is -0.318. The topological polar surface area (TPSA) is 34.1 Å². The van der Waals surface area contributed by atoms with Crippen LogP contribution in [-0.2, 0) is 4.79 Å². The molecule has 0 aliphatic rings. The van der Waals surface area contributed by atoms with Gasteiger partial charge in [0.15, 0.2) is 0 Å². The first kappa shape index (κ1) is 15.6. The lowest BCUT2D eigenvalue weighted by molar-refractivity contribution is -0.119. The van der Waals surface area contributed by atoms with E-state index in [4.69, 9.17) is 0 Å². The lowest BCUT2D eigenvalue weighted by Crippen LogP contribution is -2.24. The predicted molar refractivity (Wildman–Crippen MR) is 78.4 cm³/mol. The molecule has 19 heavy (non-hydrogen) atoms. The van der Waals surface area contributed by atoms with Crippen molar-refractivity contribution < 1.29 is 9.59 Å². The van der Waals surface area contributed by atoms with E-state index in [9.17, 15) is 9.59 Å². The standard InChI is InChI=1S/C17H24O2/c1-4-6-7-11-14(5-2)16(18)17(19)15-12-9-8-10-13(15)3/h8-10,12,14H,4-7,11H2,1-3H3. The van der Waals surface area contributed by atoms with E-state index >= 15 is 0 Å². The zero-order chi connectivity index (χ0) is 14.3. The van der Waals surface area contributed by atoms with Gasteiger partial charge in [-0.1, -0.05) is 57.4 Å². The molecule has 0 spiro atoms. The van der Waals surface area contributed by atoms with Crippen LogP contribution >= 0.6 is 0 Å². The zero-order valence-corrected chi connectivity index (χ0v) is 12.2. The second kappa shape index (κ2) is 7.88. The SMILES string of the molecule is CCCCCC(CC)C(=O)C(=O)c1ccccc1C. The maximum absolute atomic E-state index is 12.3. The van der Waals surface area contributed by atoms with Crippen molar-refractivity contribution in [3.05, 3.63) is 35.4 Å². The summed E-state index contributed by atoms with van der Waals surface area (Å²) in [5.41, 5.74) is 1.44. The van der Waals surface area contributed by atoms with Crippen LogP contribution in [0.15, 0.2) is 24.3 Å². The summed E-state index contributed by atoms with van der Waals surface area (Å²) in [5.74, 6) is -0.645.